The van der Waals surface area contributed by atoms with Gasteiger partial charge in [-0.25, -0.2) is 22.9 Å². The fraction of sp³-hybridized carbons (Fsp3) is 0.600. The summed E-state index contributed by atoms with van der Waals surface area (Å²) in [5.41, 5.74) is 0.817. The lowest BCUT2D eigenvalue weighted by atomic mass is 10.2. The van der Waals surface area contributed by atoms with Gasteiger partial charge in [0.25, 0.3) is 10.0 Å². The van der Waals surface area contributed by atoms with Crippen molar-refractivity contribution in [3.05, 3.63) is 11.2 Å². The molecule has 6 nitrogen and oxygen atoms in total. The lowest BCUT2D eigenvalue weighted by Crippen LogP contribution is -2.25. The summed E-state index contributed by atoms with van der Waals surface area (Å²) in [6, 6.07) is 0. The van der Waals surface area contributed by atoms with Crippen LogP contribution in [0.3, 0.4) is 0 Å². The number of carbonyl (C=O) groups is 1. The molecule has 0 bridgehead atoms. The Labute approximate surface area is 109 Å². The van der Waals surface area contributed by atoms with Crippen LogP contribution in [-0.2, 0) is 10.0 Å². The third-order valence-corrected chi connectivity index (χ3v) is 5.59. The van der Waals surface area contributed by atoms with Crippen molar-refractivity contribution in [2.24, 2.45) is 5.92 Å². The quantitative estimate of drug-likeness (QED) is 0.738. The lowest BCUT2D eigenvalue weighted by molar-refractivity contribution is 0.0687. The molecule has 1 aromatic rings. The van der Waals surface area contributed by atoms with Crippen LogP contribution in [0.2, 0.25) is 0 Å². The highest BCUT2D eigenvalue weighted by Crippen LogP contribution is 2.33. The highest BCUT2D eigenvalue weighted by atomic mass is 32.2. The first kappa shape index (κ1) is 13.4. The van der Waals surface area contributed by atoms with Crippen LogP contribution in [-0.4, -0.2) is 31.0 Å². The van der Waals surface area contributed by atoms with Gasteiger partial charge in [0.1, 0.15) is 0 Å². The molecule has 0 saturated heterocycles. The van der Waals surface area contributed by atoms with Crippen LogP contribution in [0.25, 0.3) is 0 Å². The van der Waals surface area contributed by atoms with Crippen molar-refractivity contribution < 1.29 is 18.3 Å². The zero-order chi connectivity index (χ0) is 13.2. The van der Waals surface area contributed by atoms with Crippen molar-refractivity contribution in [3.8, 4) is 0 Å². The summed E-state index contributed by atoms with van der Waals surface area (Å²) >= 11 is 0.819. The Kier molecular flexibility index (Phi) is 3.98. The van der Waals surface area contributed by atoms with Crippen LogP contribution in [0.1, 0.15) is 36.2 Å². The smallest absolute Gasteiger partial charge is 0.356 e. The Balaban J connectivity index is 1.95. The van der Waals surface area contributed by atoms with Gasteiger partial charge in [-0.05, 0) is 18.8 Å². The SMILES string of the molecule is O=C(O)c1ncsc1S(=O)(=O)NCCCC1CC1. The second-order valence-corrected chi connectivity index (χ2v) is 7.09. The van der Waals surface area contributed by atoms with E-state index in [9.17, 15) is 13.2 Å². The van der Waals surface area contributed by atoms with E-state index in [1.807, 2.05) is 0 Å². The molecule has 2 N–H and O–H groups in total. The Morgan fingerprint density at radius 2 is 2.28 bits per heavy atom. The van der Waals surface area contributed by atoms with Crippen LogP contribution in [0, 0.1) is 5.92 Å². The molecule has 1 aliphatic carbocycles. The van der Waals surface area contributed by atoms with Gasteiger partial charge in [0, 0.05) is 6.54 Å². The second-order valence-electron chi connectivity index (χ2n) is 4.28. The zero-order valence-corrected chi connectivity index (χ0v) is 11.3. The van der Waals surface area contributed by atoms with Crippen molar-refractivity contribution in [3.63, 3.8) is 0 Å². The molecule has 0 amide bonds. The summed E-state index contributed by atoms with van der Waals surface area (Å²) in [7, 11) is -3.74. The van der Waals surface area contributed by atoms with E-state index < -0.39 is 21.7 Å². The number of nitrogens with one attached hydrogen (secondary N) is 1. The molecule has 0 aliphatic heterocycles. The lowest BCUT2D eigenvalue weighted by Gasteiger charge is -2.04. The van der Waals surface area contributed by atoms with Crippen molar-refractivity contribution in [1.29, 1.82) is 0 Å². The summed E-state index contributed by atoms with van der Waals surface area (Å²) in [6.45, 7) is 0.343. The molecule has 100 valence electrons. The molecule has 1 aromatic heterocycles. The first-order valence-electron chi connectivity index (χ1n) is 5.67. The van der Waals surface area contributed by atoms with Crippen molar-refractivity contribution in [2.75, 3.05) is 6.54 Å². The van der Waals surface area contributed by atoms with Gasteiger partial charge in [-0.15, -0.1) is 11.3 Å². The molecule has 0 atom stereocenters. The van der Waals surface area contributed by atoms with Crippen LogP contribution >= 0.6 is 11.3 Å². The minimum absolute atomic E-state index is 0.221. The van der Waals surface area contributed by atoms with Crippen LogP contribution in [0.5, 0.6) is 0 Å². The molecule has 0 spiro atoms. The number of rotatable bonds is 7. The van der Waals surface area contributed by atoms with Crippen LogP contribution in [0.15, 0.2) is 9.72 Å². The van der Waals surface area contributed by atoms with E-state index in [2.05, 4.69) is 9.71 Å². The highest BCUT2D eigenvalue weighted by molar-refractivity contribution is 7.91. The normalized spacial score (nSPS) is 15.8. The van der Waals surface area contributed by atoms with Crippen LogP contribution in [0.4, 0.5) is 0 Å². The Hall–Kier alpha value is -0.990. The van der Waals surface area contributed by atoms with Gasteiger partial charge in [0.05, 0.1) is 5.51 Å². The maximum Gasteiger partial charge on any atom is 0.356 e. The summed E-state index contributed by atoms with van der Waals surface area (Å²) in [4.78, 5) is 14.4. The number of thiazole rings is 1. The van der Waals surface area contributed by atoms with E-state index in [1.165, 1.54) is 18.4 Å². The predicted molar refractivity (Wildman–Crippen MR) is 66.2 cm³/mol. The number of aromatic carboxylic acids is 1. The Morgan fingerprint density at radius 3 is 2.89 bits per heavy atom. The number of carboxylic acids is 1. The Bertz CT molecular complexity index is 534. The van der Waals surface area contributed by atoms with Crippen molar-refractivity contribution in [2.45, 2.75) is 29.9 Å². The number of sulfonamides is 1. The van der Waals surface area contributed by atoms with Gasteiger partial charge < -0.3 is 5.11 Å². The fourth-order valence-corrected chi connectivity index (χ4v) is 3.89. The van der Waals surface area contributed by atoms with Crippen molar-refractivity contribution >= 4 is 27.3 Å². The van der Waals surface area contributed by atoms with E-state index in [1.54, 1.807) is 0 Å². The molecule has 1 aliphatic rings. The zero-order valence-electron chi connectivity index (χ0n) is 9.63. The summed E-state index contributed by atoms with van der Waals surface area (Å²) < 4.78 is 25.9. The van der Waals surface area contributed by atoms with E-state index in [0.29, 0.717) is 6.54 Å². The van der Waals surface area contributed by atoms with Gasteiger partial charge in [0.15, 0.2) is 9.90 Å². The average molecular weight is 290 g/mol. The third-order valence-electron chi connectivity index (χ3n) is 2.76. The van der Waals surface area contributed by atoms with E-state index in [-0.39, 0.29) is 4.21 Å². The largest absolute Gasteiger partial charge is 0.476 e. The number of hydrogen-bond donors (Lipinski definition) is 2. The average Bonchev–Trinajstić information content (AvgIpc) is 2.96. The second kappa shape index (κ2) is 5.33. The molecule has 0 unspecified atom stereocenters. The fourth-order valence-electron chi connectivity index (χ4n) is 1.64. The molecular formula is C10H14N2O4S2. The molecular weight excluding hydrogens is 276 g/mol. The standard InChI is InChI=1S/C10H14N2O4S2/c13-9(14)8-10(17-6-11-8)18(15,16)12-5-1-2-7-3-4-7/h6-7,12H,1-5H2,(H,13,14). The van der Waals surface area contributed by atoms with Crippen LogP contribution < -0.4 is 4.72 Å². The third kappa shape index (κ3) is 3.27. The maximum absolute atomic E-state index is 11.9. The first-order valence-corrected chi connectivity index (χ1v) is 8.03. The minimum Gasteiger partial charge on any atom is -0.476 e. The van der Waals surface area contributed by atoms with E-state index in [0.717, 1.165) is 30.1 Å². The van der Waals surface area contributed by atoms with Gasteiger partial charge in [-0.2, -0.15) is 0 Å². The molecule has 1 heterocycles. The predicted octanol–water partition coefficient (Wildman–Crippen LogP) is 1.31. The summed E-state index contributed by atoms with van der Waals surface area (Å²) in [5.74, 6) is -0.568. The van der Waals surface area contributed by atoms with Gasteiger partial charge >= 0.3 is 5.97 Å². The summed E-state index contributed by atoms with van der Waals surface area (Å²) in [6.07, 6.45) is 4.29. The molecule has 0 aromatic carbocycles. The van der Waals surface area contributed by atoms with E-state index >= 15 is 0 Å². The van der Waals surface area contributed by atoms with Gasteiger partial charge in [0.2, 0.25) is 0 Å². The highest BCUT2D eigenvalue weighted by Gasteiger charge is 2.25. The number of hydrogen-bond acceptors (Lipinski definition) is 5. The monoisotopic (exact) mass is 290 g/mol. The minimum atomic E-state index is -3.74. The molecule has 2 rings (SSSR count). The number of nitrogens with zero attached hydrogens (tertiary/aromatic N) is 1. The first-order chi connectivity index (χ1) is 8.50. The molecule has 18 heavy (non-hydrogen) atoms. The molecule has 1 saturated carbocycles. The molecule has 1 fully saturated rings. The van der Waals surface area contributed by atoms with Gasteiger partial charge in [-0.1, -0.05) is 12.8 Å². The molecule has 8 heteroatoms. The number of carboxylic acid groups (broad SMARTS) is 1. The van der Waals surface area contributed by atoms with E-state index in [4.69, 9.17) is 5.11 Å². The summed E-state index contributed by atoms with van der Waals surface area (Å²) in [5, 5.41) is 8.82. The number of aromatic nitrogens is 1. The Morgan fingerprint density at radius 1 is 1.56 bits per heavy atom. The topological polar surface area (TPSA) is 96.4 Å². The van der Waals surface area contributed by atoms with Crippen molar-refractivity contribution in [1.82, 2.24) is 9.71 Å². The van der Waals surface area contributed by atoms with Gasteiger partial charge in [-0.3, -0.25) is 0 Å². The molecule has 0 radical (unpaired) electrons. The maximum atomic E-state index is 11.9.